The fourth-order valence-electron chi connectivity index (χ4n) is 8.18. The summed E-state index contributed by atoms with van der Waals surface area (Å²) in [4.78, 5) is 56.9. The molecule has 3 fully saturated rings. The number of amides is 4. The van der Waals surface area contributed by atoms with Crippen LogP contribution in [0.15, 0.2) is 66.8 Å². The van der Waals surface area contributed by atoms with Crippen LogP contribution in [0.4, 0.5) is 13.6 Å². The van der Waals surface area contributed by atoms with E-state index < -0.39 is 78.9 Å². The summed E-state index contributed by atoms with van der Waals surface area (Å²) in [5, 5.41) is 14.3. The van der Waals surface area contributed by atoms with Gasteiger partial charge < -0.3 is 20.6 Å². The Bertz CT molecular complexity index is 1930. The molecule has 15 heteroatoms. The number of rotatable bonds is 16. The summed E-state index contributed by atoms with van der Waals surface area (Å²) < 4.78 is 54.0. The normalized spacial score (nSPS) is 24.2. The largest absolute Gasteiger partial charge is 0.465 e. The van der Waals surface area contributed by atoms with Crippen LogP contribution in [0.3, 0.4) is 0 Å². The second kappa shape index (κ2) is 16.5. The van der Waals surface area contributed by atoms with Crippen LogP contribution in [0.1, 0.15) is 92.1 Å². The van der Waals surface area contributed by atoms with Crippen molar-refractivity contribution in [2.75, 3.05) is 12.3 Å². The summed E-state index contributed by atoms with van der Waals surface area (Å²) in [5.41, 5.74) is -0.459. The van der Waals surface area contributed by atoms with E-state index in [1.165, 1.54) is 4.90 Å². The van der Waals surface area contributed by atoms with E-state index in [9.17, 15) is 41.5 Å². The molecule has 4 N–H and O–H groups in total. The molecular weight excluding hydrogens is 763 g/mol. The second-order valence-corrected chi connectivity index (χ2v) is 20.8. The second-order valence-electron chi connectivity index (χ2n) is 17.3. The van der Waals surface area contributed by atoms with Gasteiger partial charge >= 0.3 is 6.09 Å². The summed E-state index contributed by atoms with van der Waals surface area (Å²) >= 11 is 1.59. The van der Waals surface area contributed by atoms with Gasteiger partial charge in [-0.15, -0.1) is 11.8 Å². The molecule has 2 aromatic carbocycles. The number of sulfonamides is 1. The van der Waals surface area contributed by atoms with Gasteiger partial charge in [0.05, 0.1) is 10.00 Å². The Labute approximate surface area is 332 Å². The fraction of sp³-hybridized carbons (Fsp3) is 0.561. The average molecular weight is 817 g/mol. The van der Waals surface area contributed by atoms with Crippen LogP contribution in [-0.4, -0.2) is 77.4 Å². The monoisotopic (exact) mass is 816 g/mol. The maximum absolute atomic E-state index is 15.0. The molecule has 0 radical (unpaired) electrons. The van der Waals surface area contributed by atoms with Gasteiger partial charge in [0.2, 0.25) is 21.8 Å². The van der Waals surface area contributed by atoms with Gasteiger partial charge in [0.25, 0.3) is 12.0 Å². The Morgan fingerprint density at radius 3 is 2.16 bits per heavy atom. The van der Waals surface area contributed by atoms with Gasteiger partial charge in [-0.1, -0.05) is 103 Å². The molecule has 0 bridgehead atoms. The lowest BCUT2D eigenvalue weighted by Crippen LogP contribution is -2.60. The highest BCUT2D eigenvalue weighted by atomic mass is 32.2. The number of nitrogens with one attached hydrogen (secondary N) is 3. The molecule has 0 aromatic heterocycles. The lowest BCUT2D eigenvalue weighted by molar-refractivity contribution is -0.143. The Balaban J connectivity index is 1.58. The smallest absolute Gasteiger partial charge is 0.405 e. The summed E-state index contributed by atoms with van der Waals surface area (Å²) in [6, 6.07) is 15.1. The van der Waals surface area contributed by atoms with Crippen LogP contribution >= 0.6 is 11.8 Å². The van der Waals surface area contributed by atoms with Crippen molar-refractivity contribution >= 4 is 45.6 Å². The fourth-order valence-corrected chi connectivity index (χ4v) is 11.2. The molecule has 0 unspecified atom stereocenters. The van der Waals surface area contributed by atoms with E-state index in [-0.39, 0.29) is 24.8 Å². The molecule has 56 heavy (non-hydrogen) atoms. The zero-order valence-corrected chi connectivity index (χ0v) is 34.5. The van der Waals surface area contributed by atoms with Crippen molar-refractivity contribution in [2.24, 2.45) is 16.7 Å². The molecule has 306 valence electrons. The van der Waals surface area contributed by atoms with Gasteiger partial charge in [0.15, 0.2) is 0 Å². The van der Waals surface area contributed by atoms with Crippen LogP contribution in [0, 0.1) is 16.7 Å². The molecule has 0 spiro atoms. The molecule has 5 atom stereocenters. The van der Waals surface area contributed by atoms with Crippen LogP contribution in [0.2, 0.25) is 0 Å². The lowest BCUT2D eigenvalue weighted by Gasteiger charge is -2.40. The zero-order valence-electron chi connectivity index (χ0n) is 32.9. The maximum Gasteiger partial charge on any atom is 0.405 e. The van der Waals surface area contributed by atoms with E-state index in [0.717, 1.165) is 29.5 Å². The van der Waals surface area contributed by atoms with Crippen LogP contribution in [0.5, 0.6) is 0 Å². The first-order valence-electron chi connectivity index (χ1n) is 19.1. The topological polar surface area (TPSA) is 162 Å². The number of thioether (sulfide) groups is 1. The SMILES string of the molecule is CCCCS[C@@]1(c2ccc(-c3ccccc3)cc2)C[C@@H](C(=O)N[C@]2(C(=O)NS(=O)(=O)C3CC3)C[C@@H]2C=C(F)F)N(C(=O)[C@@H](NC(=O)O)C(C)(C)CC(C)(C)C)C1. The van der Waals surface area contributed by atoms with Crippen molar-refractivity contribution in [2.45, 2.75) is 114 Å². The molecule has 2 aromatic rings. The molecular formula is C41H54F2N4O7S2. The van der Waals surface area contributed by atoms with Gasteiger partial charge in [-0.3, -0.25) is 19.1 Å². The number of hydrogen-bond donors (Lipinski definition) is 4. The number of carbonyl (C=O) groups excluding carboxylic acids is 3. The molecule has 2 aliphatic carbocycles. The third-order valence-corrected chi connectivity index (χ3v) is 14.3. The predicted octanol–water partition coefficient (Wildman–Crippen LogP) is 7.05. The Morgan fingerprint density at radius 2 is 1.61 bits per heavy atom. The van der Waals surface area contributed by atoms with E-state index in [4.69, 9.17) is 0 Å². The summed E-state index contributed by atoms with van der Waals surface area (Å²) in [6.45, 7) is 11.6. The number of nitrogens with zero attached hydrogens (tertiary/aromatic N) is 1. The highest BCUT2D eigenvalue weighted by Crippen LogP contribution is 2.51. The third kappa shape index (κ3) is 9.93. The minimum Gasteiger partial charge on any atom is -0.465 e. The van der Waals surface area contributed by atoms with Crippen molar-refractivity contribution in [1.29, 1.82) is 0 Å². The molecule has 11 nitrogen and oxygen atoms in total. The van der Waals surface area contributed by atoms with E-state index in [1.54, 1.807) is 25.6 Å². The van der Waals surface area contributed by atoms with Gasteiger partial charge in [0.1, 0.15) is 17.6 Å². The van der Waals surface area contributed by atoms with E-state index in [1.807, 2.05) is 80.1 Å². The molecule has 3 aliphatic rings. The Morgan fingerprint density at radius 1 is 0.982 bits per heavy atom. The van der Waals surface area contributed by atoms with Gasteiger partial charge in [0, 0.05) is 12.5 Å². The number of unbranched alkanes of at least 4 members (excludes halogenated alkanes) is 1. The van der Waals surface area contributed by atoms with E-state index in [0.29, 0.717) is 31.1 Å². The predicted molar refractivity (Wildman–Crippen MR) is 213 cm³/mol. The number of likely N-dealkylation sites (tertiary alicyclic amines) is 1. The average Bonchev–Trinajstić information content (AvgIpc) is 4.04. The number of benzene rings is 2. The van der Waals surface area contributed by atoms with Crippen molar-refractivity contribution < 1.29 is 41.5 Å². The van der Waals surface area contributed by atoms with Crippen LogP contribution < -0.4 is 15.4 Å². The Kier molecular flexibility index (Phi) is 12.7. The van der Waals surface area contributed by atoms with Crippen molar-refractivity contribution in [3.05, 3.63) is 72.3 Å². The first-order valence-corrected chi connectivity index (χ1v) is 21.7. The van der Waals surface area contributed by atoms with Crippen molar-refractivity contribution in [3.63, 3.8) is 0 Å². The zero-order chi connectivity index (χ0) is 41.3. The van der Waals surface area contributed by atoms with Gasteiger partial charge in [-0.25, -0.2) is 13.2 Å². The van der Waals surface area contributed by atoms with Crippen molar-refractivity contribution in [1.82, 2.24) is 20.3 Å². The van der Waals surface area contributed by atoms with Gasteiger partial charge in [-0.05, 0) is 77.9 Å². The van der Waals surface area contributed by atoms with Crippen LogP contribution in [-0.2, 0) is 29.2 Å². The molecule has 1 aliphatic heterocycles. The number of halogens is 2. The molecule has 4 amide bonds. The highest BCUT2D eigenvalue weighted by molar-refractivity contribution is 8.00. The van der Waals surface area contributed by atoms with E-state index >= 15 is 0 Å². The quantitative estimate of drug-likeness (QED) is 0.131. The minimum absolute atomic E-state index is 0.00404. The molecule has 1 saturated heterocycles. The van der Waals surface area contributed by atoms with Gasteiger partial charge in [-0.2, -0.15) is 8.78 Å². The first kappa shape index (κ1) is 43.1. The highest BCUT2D eigenvalue weighted by Gasteiger charge is 2.63. The van der Waals surface area contributed by atoms with Crippen molar-refractivity contribution in [3.8, 4) is 11.1 Å². The minimum atomic E-state index is -4.10. The summed E-state index contributed by atoms with van der Waals surface area (Å²) in [5.74, 6) is -3.11. The molecule has 2 saturated carbocycles. The Hall–Kier alpha value is -3.98. The standard InChI is InChI=1S/C41H54F2N4O7S2/c1-7-8-20-55-40(28-16-14-27(15-17-28)26-12-10-9-11-13-26)23-31(47(25-40)35(49)33(44-37(51)52)39(5,6)24-38(2,3)4)34(48)45-41(22-29(41)21-32(42)43)36(50)46-56(53,54)30-18-19-30/h9-17,21,29-31,33,44H,7-8,18-20,22-25H2,1-6H3,(H,45,48)(H,46,50)(H,51,52)/t29-,31-,33+,40-,41+/m0/s1. The number of carboxylic acid groups (broad SMARTS) is 1. The maximum atomic E-state index is 15.0. The molecule has 5 rings (SSSR count). The summed E-state index contributed by atoms with van der Waals surface area (Å²) in [7, 11) is -4.10. The number of hydrogen-bond acceptors (Lipinski definition) is 7. The first-order chi connectivity index (χ1) is 26.1. The molecule has 1 heterocycles. The van der Waals surface area contributed by atoms with E-state index in [2.05, 4.69) is 17.6 Å². The third-order valence-electron chi connectivity index (χ3n) is 10.9. The lowest BCUT2D eigenvalue weighted by atomic mass is 9.71. The summed E-state index contributed by atoms with van der Waals surface area (Å²) in [6.07, 6.45) is -0.341. The number of carbonyl (C=O) groups is 4. The van der Waals surface area contributed by atoms with Crippen LogP contribution in [0.25, 0.3) is 11.1 Å².